The molecule has 1 amide bonds. The highest BCUT2D eigenvalue weighted by atomic mass is 16.1. The van der Waals surface area contributed by atoms with Crippen molar-refractivity contribution in [3.63, 3.8) is 0 Å². The quantitative estimate of drug-likeness (QED) is 0.851. The zero-order valence-corrected chi connectivity index (χ0v) is 12.0. The van der Waals surface area contributed by atoms with Crippen molar-refractivity contribution in [2.75, 3.05) is 18.0 Å². The second-order valence-electron chi connectivity index (χ2n) is 5.12. The summed E-state index contributed by atoms with van der Waals surface area (Å²) in [5.41, 5.74) is 0. The van der Waals surface area contributed by atoms with Gasteiger partial charge >= 0.3 is 0 Å². The Bertz CT molecular complexity index is 627. The van der Waals surface area contributed by atoms with E-state index in [1.807, 2.05) is 19.2 Å². The van der Waals surface area contributed by atoms with Crippen molar-refractivity contribution in [1.29, 1.82) is 0 Å². The number of rotatable bonds is 3. The van der Waals surface area contributed by atoms with E-state index in [1.165, 1.54) is 6.92 Å². The summed E-state index contributed by atoms with van der Waals surface area (Å²) < 4.78 is 1.79. The van der Waals surface area contributed by atoms with Crippen LogP contribution < -0.4 is 10.2 Å². The van der Waals surface area contributed by atoms with E-state index in [4.69, 9.17) is 0 Å². The summed E-state index contributed by atoms with van der Waals surface area (Å²) >= 11 is 0. The smallest absolute Gasteiger partial charge is 0.217 e. The van der Waals surface area contributed by atoms with Gasteiger partial charge in [0.15, 0.2) is 0 Å². The van der Waals surface area contributed by atoms with Crippen LogP contribution in [0.5, 0.6) is 0 Å². The first kappa shape index (κ1) is 13.5. The minimum Gasteiger partial charge on any atom is -0.352 e. The fourth-order valence-corrected chi connectivity index (χ4v) is 2.66. The van der Waals surface area contributed by atoms with Crippen molar-refractivity contribution < 1.29 is 4.79 Å². The molecule has 21 heavy (non-hydrogen) atoms. The predicted molar refractivity (Wildman–Crippen MR) is 75.6 cm³/mol. The van der Waals surface area contributed by atoms with Crippen LogP contribution in [0.15, 0.2) is 24.7 Å². The van der Waals surface area contributed by atoms with Crippen molar-refractivity contribution in [2.24, 2.45) is 0 Å². The van der Waals surface area contributed by atoms with Crippen molar-refractivity contribution in [3.05, 3.63) is 30.5 Å². The number of hydrogen-bond donors (Lipinski definition) is 1. The van der Waals surface area contributed by atoms with Gasteiger partial charge in [-0.05, 0) is 13.0 Å². The highest BCUT2D eigenvalue weighted by Gasteiger charge is 2.35. The predicted octanol–water partition coefficient (Wildman–Crippen LogP) is -0.0575. The van der Waals surface area contributed by atoms with E-state index in [1.54, 1.807) is 17.1 Å². The lowest BCUT2D eigenvalue weighted by atomic mass is 10.2. The first-order valence-corrected chi connectivity index (χ1v) is 6.81. The van der Waals surface area contributed by atoms with Crippen molar-refractivity contribution in [1.82, 2.24) is 30.3 Å². The van der Waals surface area contributed by atoms with Gasteiger partial charge in [0.05, 0.1) is 18.3 Å². The number of nitrogens with zero attached hydrogens (tertiary/aromatic N) is 6. The molecule has 2 atom stereocenters. The van der Waals surface area contributed by atoms with Crippen LogP contribution in [0.4, 0.5) is 5.82 Å². The monoisotopic (exact) mass is 287 g/mol. The maximum absolute atomic E-state index is 11.4. The molecule has 0 saturated carbocycles. The standard InChI is InChI=1S/C13H17N7O/c1-9-14-4-3-13(16-9)19-7-11(17-10(2)21)12(8-19)20-6-5-15-18-20/h3-6,11-12H,7-8H2,1-2H3,(H,17,21)/t11-,12+/m1/s1. The Hall–Kier alpha value is -2.51. The van der Waals surface area contributed by atoms with Crippen LogP contribution in [0.3, 0.4) is 0 Å². The van der Waals surface area contributed by atoms with E-state index in [9.17, 15) is 4.79 Å². The summed E-state index contributed by atoms with van der Waals surface area (Å²) in [5, 5.41) is 10.9. The molecule has 3 heterocycles. The summed E-state index contributed by atoms with van der Waals surface area (Å²) in [4.78, 5) is 22.1. The van der Waals surface area contributed by atoms with Gasteiger partial charge in [-0.25, -0.2) is 14.6 Å². The molecule has 0 aromatic carbocycles. The second kappa shape index (κ2) is 5.47. The highest BCUT2D eigenvalue weighted by molar-refractivity contribution is 5.73. The SMILES string of the molecule is CC(=O)N[C@@H]1CN(c2ccnc(C)n2)C[C@@H]1n1ccnn1. The van der Waals surface area contributed by atoms with Crippen molar-refractivity contribution in [2.45, 2.75) is 25.9 Å². The molecule has 0 aliphatic carbocycles. The van der Waals surface area contributed by atoms with E-state index in [2.05, 4.69) is 30.5 Å². The summed E-state index contributed by atoms with van der Waals surface area (Å²) in [6.07, 6.45) is 5.20. The van der Waals surface area contributed by atoms with Crippen LogP contribution in [0.1, 0.15) is 18.8 Å². The van der Waals surface area contributed by atoms with E-state index >= 15 is 0 Å². The van der Waals surface area contributed by atoms with Gasteiger partial charge in [0.2, 0.25) is 5.91 Å². The highest BCUT2D eigenvalue weighted by Crippen LogP contribution is 2.25. The number of hydrogen-bond acceptors (Lipinski definition) is 6. The van der Waals surface area contributed by atoms with Crippen LogP contribution >= 0.6 is 0 Å². The Balaban J connectivity index is 1.84. The molecule has 1 aliphatic rings. The molecule has 0 bridgehead atoms. The van der Waals surface area contributed by atoms with Crippen molar-refractivity contribution >= 4 is 11.7 Å². The Morgan fingerprint density at radius 2 is 2.24 bits per heavy atom. The first-order valence-electron chi connectivity index (χ1n) is 6.81. The lowest BCUT2D eigenvalue weighted by Gasteiger charge is -2.18. The van der Waals surface area contributed by atoms with E-state index in [0.29, 0.717) is 13.1 Å². The number of aromatic nitrogens is 5. The first-order chi connectivity index (χ1) is 10.1. The number of nitrogens with one attached hydrogen (secondary N) is 1. The topological polar surface area (TPSA) is 88.8 Å². The number of anilines is 1. The fraction of sp³-hybridized carbons (Fsp3) is 0.462. The summed E-state index contributed by atoms with van der Waals surface area (Å²) in [7, 11) is 0. The third kappa shape index (κ3) is 2.83. The molecule has 1 saturated heterocycles. The third-order valence-electron chi connectivity index (χ3n) is 3.54. The third-order valence-corrected chi connectivity index (χ3v) is 3.54. The van der Waals surface area contributed by atoms with Crippen LogP contribution in [0.25, 0.3) is 0 Å². The average molecular weight is 287 g/mol. The van der Waals surface area contributed by atoms with Gasteiger partial charge in [0.25, 0.3) is 0 Å². The number of aryl methyl sites for hydroxylation is 1. The summed E-state index contributed by atoms with van der Waals surface area (Å²) in [5.74, 6) is 1.54. The van der Waals surface area contributed by atoms with Gasteiger partial charge in [0, 0.05) is 32.4 Å². The van der Waals surface area contributed by atoms with E-state index in [-0.39, 0.29) is 18.0 Å². The molecule has 1 aliphatic heterocycles. The molecular formula is C13H17N7O. The lowest BCUT2D eigenvalue weighted by Crippen LogP contribution is -2.40. The van der Waals surface area contributed by atoms with Gasteiger partial charge < -0.3 is 10.2 Å². The van der Waals surface area contributed by atoms with Gasteiger partial charge in [-0.15, -0.1) is 5.10 Å². The lowest BCUT2D eigenvalue weighted by molar-refractivity contribution is -0.119. The van der Waals surface area contributed by atoms with Crippen molar-refractivity contribution in [3.8, 4) is 0 Å². The summed E-state index contributed by atoms with van der Waals surface area (Å²) in [6.45, 7) is 4.78. The largest absolute Gasteiger partial charge is 0.352 e. The minimum absolute atomic E-state index is 0.0283. The number of amides is 1. The molecule has 0 spiro atoms. The molecule has 2 aromatic heterocycles. The second-order valence-corrected chi connectivity index (χ2v) is 5.12. The Morgan fingerprint density at radius 1 is 1.38 bits per heavy atom. The molecule has 0 radical (unpaired) electrons. The zero-order chi connectivity index (χ0) is 14.8. The fourth-order valence-electron chi connectivity index (χ4n) is 2.66. The maximum atomic E-state index is 11.4. The molecule has 0 unspecified atom stereocenters. The van der Waals surface area contributed by atoms with Gasteiger partial charge in [-0.2, -0.15) is 0 Å². The van der Waals surface area contributed by atoms with Crippen LogP contribution in [-0.2, 0) is 4.79 Å². The molecule has 1 fully saturated rings. The maximum Gasteiger partial charge on any atom is 0.217 e. The molecule has 8 heteroatoms. The average Bonchev–Trinajstić information content (AvgIpc) is 3.06. The van der Waals surface area contributed by atoms with E-state index in [0.717, 1.165) is 11.6 Å². The normalized spacial score (nSPS) is 21.5. The van der Waals surface area contributed by atoms with Gasteiger partial charge in [-0.1, -0.05) is 5.21 Å². The Kier molecular flexibility index (Phi) is 3.51. The molecule has 8 nitrogen and oxygen atoms in total. The van der Waals surface area contributed by atoms with Crippen LogP contribution in [-0.4, -0.2) is 50.0 Å². The van der Waals surface area contributed by atoms with Crippen LogP contribution in [0.2, 0.25) is 0 Å². The molecule has 3 rings (SSSR count). The molecule has 110 valence electrons. The Morgan fingerprint density at radius 3 is 2.90 bits per heavy atom. The zero-order valence-electron chi connectivity index (χ0n) is 12.0. The van der Waals surface area contributed by atoms with Gasteiger partial charge in [-0.3, -0.25) is 4.79 Å². The molecule has 2 aromatic rings. The van der Waals surface area contributed by atoms with E-state index < -0.39 is 0 Å². The van der Waals surface area contributed by atoms with Gasteiger partial charge in [0.1, 0.15) is 11.6 Å². The number of carbonyl (C=O) groups excluding carboxylic acids is 1. The summed E-state index contributed by atoms with van der Waals surface area (Å²) in [6, 6.07) is 1.88. The minimum atomic E-state index is -0.0502. The molecular weight excluding hydrogens is 270 g/mol. The van der Waals surface area contributed by atoms with Crippen LogP contribution in [0, 0.1) is 6.92 Å². The Labute approximate surface area is 122 Å². The number of carbonyl (C=O) groups is 1. The molecule has 1 N–H and O–H groups in total.